The standard InChI is InChI=1S/C25H29N3O3/c1-7-31-24(30)22-16(2)27-28(17(22)3)21-14-8-18(9-15-21)23(29)26-20-12-10-19(11-13-20)25(4,5)6/h8-15H,7H2,1-6H3,(H,26,29). The van der Waals surface area contributed by atoms with Gasteiger partial charge in [0.1, 0.15) is 5.56 Å². The van der Waals surface area contributed by atoms with Crippen LogP contribution in [0.2, 0.25) is 0 Å². The Morgan fingerprint density at radius 2 is 1.61 bits per heavy atom. The summed E-state index contributed by atoms with van der Waals surface area (Å²) in [5.41, 5.74) is 5.11. The molecule has 2 aromatic carbocycles. The van der Waals surface area contributed by atoms with Crippen molar-refractivity contribution in [2.24, 2.45) is 0 Å². The van der Waals surface area contributed by atoms with Crippen LogP contribution in [0.5, 0.6) is 0 Å². The number of aryl methyl sites for hydroxylation is 1. The van der Waals surface area contributed by atoms with E-state index in [9.17, 15) is 9.59 Å². The molecule has 1 amide bonds. The van der Waals surface area contributed by atoms with E-state index in [1.54, 1.807) is 30.7 Å². The number of benzene rings is 2. The zero-order valence-electron chi connectivity index (χ0n) is 18.9. The van der Waals surface area contributed by atoms with Gasteiger partial charge in [-0.2, -0.15) is 5.10 Å². The molecule has 1 aromatic heterocycles. The number of anilines is 1. The molecule has 0 saturated heterocycles. The Hall–Kier alpha value is -3.41. The molecular weight excluding hydrogens is 390 g/mol. The molecule has 0 fully saturated rings. The number of ether oxygens (including phenoxy) is 1. The highest BCUT2D eigenvalue weighted by Gasteiger charge is 2.20. The summed E-state index contributed by atoms with van der Waals surface area (Å²) < 4.78 is 6.82. The molecule has 0 radical (unpaired) electrons. The second-order valence-corrected chi connectivity index (χ2v) is 8.51. The Labute approximate surface area is 183 Å². The second kappa shape index (κ2) is 8.76. The highest BCUT2D eigenvalue weighted by atomic mass is 16.5. The molecule has 6 heteroatoms. The van der Waals surface area contributed by atoms with Crippen LogP contribution in [0.25, 0.3) is 5.69 Å². The lowest BCUT2D eigenvalue weighted by molar-refractivity contribution is 0.0524. The van der Waals surface area contributed by atoms with Crippen molar-refractivity contribution < 1.29 is 14.3 Å². The number of aromatic nitrogens is 2. The van der Waals surface area contributed by atoms with E-state index in [-0.39, 0.29) is 17.3 Å². The molecule has 0 spiro atoms. The van der Waals surface area contributed by atoms with Gasteiger partial charge in [0.15, 0.2) is 0 Å². The minimum atomic E-state index is -0.378. The molecule has 1 N–H and O–H groups in total. The van der Waals surface area contributed by atoms with Crippen LogP contribution in [0.4, 0.5) is 5.69 Å². The van der Waals surface area contributed by atoms with Crippen LogP contribution in [0.15, 0.2) is 48.5 Å². The van der Waals surface area contributed by atoms with Crippen molar-refractivity contribution >= 4 is 17.6 Å². The molecule has 31 heavy (non-hydrogen) atoms. The molecule has 0 atom stereocenters. The largest absolute Gasteiger partial charge is 0.462 e. The van der Waals surface area contributed by atoms with E-state index < -0.39 is 0 Å². The van der Waals surface area contributed by atoms with Crippen molar-refractivity contribution in [1.29, 1.82) is 0 Å². The normalized spacial score (nSPS) is 11.3. The predicted molar refractivity (Wildman–Crippen MR) is 122 cm³/mol. The van der Waals surface area contributed by atoms with Gasteiger partial charge in [-0.3, -0.25) is 4.79 Å². The molecule has 0 unspecified atom stereocenters. The fraction of sp³-hybridized carbons (Fsp3) is 0.320. The molecule has 0 aliphatic carbocycles. The minimum Gasteiger partial charge on any atom is -0.462 e. The second-order valence-electron chi connectivity index (χ2n) is 8.51. The maximum atomic E-state index is 12.6. The first-order chi connectivity index (χ1) is 14.6. The van der Waals surface area contributed by atoms with Gasteiger partial charge in [-0.05, 0) is 68.1 Å². The van der Waals surface area contributed by atoms with Crippen molar-refractivity contribution in [3.8, 4) is 5.69 Å². The van der Waals surface area contributed by atoms with E-state index in [2.05, 4.69) is 31.2 Å². The van der Waals surface area contributed by atoms with Crippen LogP contribution in [-0.2, 0) is 10.2 Å². The Balaban J connectivity index is 1.77. The number of amides is 1. The van der Waals surface area contributed by atoms with Gasteiger partial charge >= 0.3 is 5.97 Å². The lowest BCUT2D eigenvalue weighted by atomic mass is 9.87. The topological polar surface area (TPSA) is 73.2 Å². The lowest BCUT2D eigenvalue weighted by Crippen LogP contribution is -2.13. The van der Waals surface area contributed by atoms with E-state index in [4.69, 9.17) is 4.74 Å². The first kappa shape index (κ1) is 22.3. The molecule has 0 saturated carbocycles. The fourth-order valence-corrected chi connectivity index (χ4v) is 3.40. The Kier molecular flexibility index (Phi) is 6.29. The molecule has 3 aromatic rings. The van der Waals surface area contributed by atoms with Crippen molar-refractivity contribution in [1.82, 2.24) is 9.78 Å². The molecule has 3 rings (SSSR count). The summed E-state index contributed by atoms with van der Waals surface area (Å²) in [6.07, 6.45) is 0. The Morgan fingerprint density at radius 1 is 1.00 bits per heavy atom. The highest BCUT2D eigenvalue weighted by Crippen LogP contribution is 2.24. The lowest BCUT2D eigenvalue weighted by Gasteiger charge is -2.19. The third-order valence-electron chi connectivity index (χ3n) is 5.15. The van der Waals surface area contributed by atoms with Crippen molar-refractivity contribution in [3.05, 3.63) is 76.6 Å². The first-order valence-corrected chi connectivity index (χ1v) is 10.4. The van der Waals surface area contributed by atoms with Crippen molar-refractivity contribution in [2.45, 2.75) is 47.0 Å². The zero-order chi connectivity index (χ0) is 22.8. The van der Waals surface area contributed by atoms with Crippen LogP contribution in [0, 0.1) is 13.8 Å². The number of nitrogens with one attached hydrogen (secondary N) is 1. The van der Waals surface area contributed by atoms with Gasteiger partial charge in [-0.15, -0.1) is 0 Å². The van der Waals surface area contributed by atoms with Gasteiger partial charge < -0.3 is 10.1 Å². The maximum absolute atomic E-state index is 12.6. The molecule has 0 bridgehead atoms. The van der Waals surface area contributed by atoms with Gasteiger partial charge in [0, 0.05) is 11.3 Å². The van der Waals surface area contributed by atoms with E-state index in [0.29, 0.717) is 29.1 Å². The number of carbonyl (C=O) groups is 2. The van der Waals surface area contributed by atoms with Gasteiger partial charge in [0.25, 0.3) is 5.91 Å². The summed E-state index contributed by atoms with van der Waals surface area (Å²) in [5, 5.41) is 7.40. The molecule has 6 nitrogen and oxygen atoms in total. The number of hydrogen-bond donors (Lipinski definition) is 1. The Bertz CT molecular complexity index is 1090. The van der Waals surface area contributed by atoms with E-state index in [1.807, 2.05) is 43.3 Å². The molecule has 1 heterocycles. The average molecular weight is 420 g/mol. The summed E-state index contributed by atoms with van der Waals surface area (Å²) in [5.74, 6) is -0.562. The van der Waals surface area contributed by atoms with E-state index >= 15 is 0 Å². The van der Waals surface area contributed by atoms with Crippen molar-refractivity contribution in [2.75, 3.05) is 11.9 Å². The third kappa shape index (κ3) is 4.85. The summed E-state index contributed by atoms with van der Waals surface area (Å²) in [6.45, 7) is 12.2. The van der Waals surface area contributed by atoms with E-state index in [1.165, 1.54) is 5.56 Å². The Morgan fingerprint density at radius 3 is 2.16 bits per heavy atom. The van der Waals surface area contributed by atoms with Crippen LogP contribution in [0.3, 0.4) is 0 Å². The summed E-state index contributed by atoms with van der Waals surface area (Å²) >= 11 is 0. The maximum Gasteiger partial charge on any atom is 0.341 e. The number of esters is 1. The van der Waals surface area contributed by atoms with Gasteiger partial charge in [-0.1, -0.05) is 32.9 Å². The highest BCUT2D eigenvalue weighted by molar-refractivity contribution is 6.04. The number of nitrogens with zero attached hydrogens (tertiary/aromatic N) is 2. The predicted octanol–water partition coefficient (Wildman–Crippen LogP) is 5.22. The van der Waals surface area contributed by atoms with Crippen LogP contribution >= 0.6 is 0 Å². The van der Waals surface area contributed by atoms with Gasteiger partial charge in [0.05, 0.1) is 23.7 Å². The number of hydrogen-bond acceptors (Lipinski definition) is 4. The quantitative estimate of drug-likeness (QED) is 0.576. The van der Waals surface area contributed by atoms with Gasteiger partial charge in [-0.25, -0.2) is 9.48 Å². The molecule has 0 aliphatic rings. The minimum absolute atomic E-state index is 0.0640. The van der Waals surface area contributed by atoms with Crippen LogP contribution < -0.4 is 5.32 Å². The molecular formula is C25H29N3O3. The van der Waals surface area contributed by atoms with Crippen LogP contribution in [0.1, 0.15) is 65.4 Å². The zero-order valence-corrected chi connectivity index (χ0v) is 18.9. The molecule has 162 valence electrons. The van der Waals surface area contributed by atoms with Crippen molar-refractivity contribution in [3.63, 3.8) is 0 Å². The SMILES string of the molecule is CCOC(=O)c1c(C)nn(-c2ccc(C(=O)Nc3ccc(C(C)(C)C)cc3)cc2)c1C. The fourth-order valence-electron chi connectivity index (χ4n) is 3.40. The first-order valence-electron chi connectivity index (χ1n) is 10.4. The third-order valence-corrected chi connectivity index (χ3v) is 5.15. The molecule has 0 aliphatic heterocycles. The monoisotopic (exact) mass is 419 g/mol. The van der Waals surface area contributed by atoms with E-state index in [0.717, 1.165) is 11.4 Å². The summed E-state index contributed by atoms with van der Waals surface area (Å²) in [7, 11) is 0. The number of rotatable bonds is 5. The smallest absolute Gasteiger partial charge is 0.341 e. The van der Waals surface area contributed by atoms with Crippen LogP contribution in [-0.4, -0.2) is 28.3 Å². The summed E-state index contributed by atoms with van der Waals surface area (Å²) in [4.78, 5) is 24.8. The average Bonchev–Trinajstić information content (AvgIpc) is 3.02. The number of carbonyl (C=O) groups excluding carboxylic acids is 2. The summed E-state index contributed by atoms with van der Waals surface area (Å²) in [6, 6.07) is 15.0. The van der Waals surface area contributed by atoms with Gasteiger partial charge in [0.2, 0.25) is 0 Å².